The summed E-state index contributed by atoms with van der Waals surface area (Å²) in [7, 11) is 0. The summed E-state index contributed by atoms with van der Waals surface area (Å²) < 4.78 is 0. The van der Waals surface area contributed by atoms with Gasteiger partial charge in [0, 0.05) is 0 Å². The van der Waals surface area contributed by atoms with E-state index in [9.17, 15) is 0 Å². The summed E-state index contributed by atoms with van der Waals surface area (Å²) in [6.45, 7) is 4.03. The fourth-order valence-corrected chi connectivity index (χ4v) is 1.01. The summed E-state index contributed by atoms with van der Waals surface area (Å²) in [5, 5.41) is 3.18. The third-order valence-electron chi connectivity index (χ3n) is 1.68. The lowest BCUT2D eigenvalue weighted by molar-refractivity contribution is 0.602. The average molecular weight is 190 g/mol. The summed E-state index contributed by atoms with van der Waals surface area (Å²) in [5.41, 5.74) is 0. The molecule has 0 bridgehead atoms. The van der Waals surface area contributed by atoms with E-state index >= 15 is 0 Å². The third-order valence-corrected chi connectivity index (χ3v) is 1.68. The second-order valence-corrected chi connectivity index (χ2v) is 2.80. The molecule has 0 aliphatic carbocycles. The molecular formula is C10H20ClN. The number of unbranched alkanes of at least 4 members (excludes halogenated alkanes) is 4. The van der Waals surface area contributed by atoms with Gasteiger partial charge in [-0.15, -0.1) is 18.8 Å². The van der Waals surface area contributed by atoms with Crippen LogP contribution in [-0.2, 0) is 0 Å². The molecule has 0 spiro atoms. The topological polar surface area (TPSA) is 12.0 Å². The highest BCUT2D eigenvalue weighted by atomic mass is 35.5. The molecule has 0 heterocycles. The highest BCUT2D eigenvalue weighted by Gasteiger charge is 1.87. The summed E-state index contributed by atoms with van der Waals surface area (Å²) in [6, 6.07) is 0. The van der Waals surface area contributed by atoms with Gasteiger partial charge >= 0.3 is 0 Å². The van der Waals surface area contributed by atoms with Gasteiger partial charge in [0.25, 0.3) is 0 Å². The van der Waals surface area contributed by atoms with Crippen molar-refractivity contribution in [3.63, 3.8) is 0 Å². The summed E-state index contributed by atoms with van der Waals surface area (Å²) in [6.07, 6.45) is 11.7. The Kier molecular flexibility index (Phi) is 16.0. The number of halogens is 1. The Labute approximate surface area is 82.7 Å². The van der Waals surface area contributed by atoms with Crippen molar-refractivity contribution in [1.29, 1.82) is 0 Å². The van der Waals surface area contributed by atoms with E-state index in [-0.39, 0.29) is 12.4 Å². The van der Waals surface area contributed by atoms with Crippen LogP contribution in [0.1, 0.15) is 39.0 Å². The predicted molar refractivity (Wildman–Crippen MR) is 57.7 cm³/mol. The van der Waals surface area contributed by atoms with Crippen LogP contribution in [0.2, 0.25) is 0 Å². The smallest absolute Gasteiger partial charge is 0.0573 e. The van der Waals surface area contributed by atoms with E-state index < -0.39 is 0 Å². The van der Waals surface area contributed by atoms with E-state index in [0.717, 1.165) is 6.54 Å². The quantitative estimate of drug-likeness (QED) is 0.480. The molecule has 0 saturated carbocycles. The van der Waals surface area contributed by atoms with Crippen molar-refractivity contribution in [2.75, 3.05) is 13.1 Å². The fourth-order valence-electron chi connectivity index (χ4n) is 1.01. The predicted octanol–water partition coefficient (Wildman–Crippen LogP) is 2.60. The normalized spacial score (nSPS) is 8.67. The maximum Gasteiger partial charge on any atom is 0.0573 e. The Morgan fingerprint density at radius 1 is 1.17 bits per heavy atom. The Morgan fingerprint density at radius 3 is 2.42 bits per heavy atom. The zero-order valence-electron chi connectivity index (χ0n) is 7.94. The van der Waals surface area contributed by atoms with Crippen molar-refractivity contribution in [2.24, 2.45) is 0 Å². The Morgan fingerprint density at radius 2 is 1.83 bits per heavy atom. The second kappa shape index (κ2) is 13.4. The highest BCUT2D eigenvalue weighted by molar-refractivity contribution is 5.85. The van der Waals surface area contributed by atoms with Crippen LogP contribution in [-0.4, -0.2) is 13.1 Å². The van der Waals surface area contributed by atoms with Crippen LogP contribution in [0.25, 0.3) is 0 Å². The van der Waals surface area contributed by atoms with Crippen LogP contribution < -0.4 is 5.32 Å². The Balaban J connectivity index is 0. The van der Waals surface area contributed by atoms with Crippen molar-refractivity contribution in [1.82, 2.24) is 5.32 Å². The molecule has 0 aliphatic heterocycles. The second-order valence-electron chi connectivity index (χ2n) is 2.80. The van der Waals surface area contributed by atoms with E-state index in [1.807, 2.05) is 0 Å². The Bertz CT molecular complexity index is 107. The highest BCUT2D eigenvalue weighted by Crippen LogP contribution is 2.00. The largest absolute Gasteiger partial charge is 0.306 e. The van der Waals surface area contributed by atoms with Gasteiger partial charge in [-0.1, -0.05) is 38.5 Å². The molecule has 0 aromatic carbocycles. The lowest BCUT2D eigenvalue weighted by Gasteiger charge is -1.99. The first-order valence-electron chi connectivity index (χ1n) is 4.56. The minimum absolute atomic E-state index is 0. The number of terminal acetylenes is 1. The van der Waals surface area contributed by atoms with Gasteiger partial charge < -0.3 is 5.32 Å². The molecule has 72 valence electrons. The maximum atomic E-state index is 5.08. The molecule has 12 heavy (non-hydrogen) atoms. The van der Waals surface area contributed by atoms with Crippen LogP contribution in [0.5, 0.6) is 0 Å². The minimum Gasteiger partial charge on any atom is -0.306 e. The number of hydrogen-bond acceptors (Lipinski definition) is 1. The SMILES string of the molecule is C#CCNCCCCCCC.Cl. The Hall–Kier alpha value is -0.190. The van der Waals surface area contributed by atoms with Crippen LogP contribution in [0.15, 0.2) is 0 Å². The first-order valence-corrected chi connectivity index (χ1v) is 4.56. The molecular weight excluding hydrogens is 170 g/mol. The minimum atomic E-state index is 0. The maximum absolute atomic E-state index is 5.08. The van der Waals surface area contributed by atoms with Gasteiger partial charge in [-0.3, -0.25) is 0 Å². The molecule has 0 saturated heterocycles. The van der Waals surface area contributed by atoms with Crippen LogP contribution >= 0.6 is 12.4 Å². The molecule has 1 N–H and O–H groups in total. The molecule has 0 amide bonds. The van der Waals surface area contributed by atoms with Crippen LogP contribution in [0.4, 0.5) is 0 Å². The van der Waals surface area contributed by atoms with Crippen LogP contribution in [0, 0.1) is 12.3 Å². The summed E-state index contributed by atoms with van der Waals surface area (Å²) in [5.74, 6) is 2.56. The standard InChI is InChI=1S/C10H19N.ClH/c1-3-5-6-7-8-10-11-9-4-2;/h2,11H,3,5-10H2,1H3;1H. The number of rotatable bonds is 7. The molecule has 0 rings (SSSR count). The molecule has 0 aliphatic rings. The van der Waals surface area contributed by atoms with E-state index in [1.54, 1.807) is 0 Å². The van der Waals surface area contributed by atoms with Crippen molar-refractivity contribution in [3.05, 3.63) is 0 Å². The van der Waals surface area contributed by atoms with Crippen LogP contribution in [0.3, 0.4) is 0 Å². The van der Waals surface area contributed by atoms with E-state index in [1.165, 1.54) is 32.1 Å². The first kappa shape index (κ1) is 14.3. The molecule has 0 fully saturated rings. The lowest BCUT2D eigenvalue weighted by Crippen LogP contribution is -2.14. The lowest BCUT2D eigenvalue weighted by atomic mass is 10.1. The number of hydrogen-bond donors (Lipinski definition) is 1. The molecule has 0 aromatic rings. The molecule has 0 aromatic heterocycles. The third kappa shape index (κ3) is 12.5. The zero-order valence-corrected chi connectivity index (χ0v) is 8.75. The van der Waals surface area contributed by atoms with E-state index in [0.29, 0.717) is 6.54 Å². The fraction of sp³-hybridized carbons (Fsp3) is 0.800. The van der Waals surface area contributed by atoms with Gasteiger partial charge in [0.2, 0.25) is 0 Å². The summed E-state index contributed by atoms with van der Waals surface area (Å²) in [4.78, 5) is 0. The first-order chi connectivity index (χ1) is 5.41. The average Bonchev–Trinajstić information content (AvgIpc) is 2.03. The van der Waals surface area contributed by atoms with E-state index in [2.05, 4.69) is 18.2 Å². The van der Waals surface area contributed by atoms with E-state index in [4.69, 9.17) is 6.42 Å². The van der Waals surface area contributed by atoms with Gasteiger partial charge in [0.1, 0.15) is 0 Å². The number of nitrogens with one attached hydrogen (secondary N) is 1. The van der Waals surface area contributed by atoms with Crippen molar-refractivity contribution in [2.45, 2.75) is 39.0 Å². The molecule has 1 nitrogen and oxygen atoms in total. The monoisotopic (exact) mass is 189 g/mol. The molecule has 0 atom stereocenters. The van der Waals surface area contributed by atoms with Gasteiger partial charge in [-0.25, -0.2) is 0 Å². The van der Waals surface area contributed by atoms with Crippen molar-refractivity contribution in [3.8, 4) is 12.3 Å². The van der Waals surface area contributed by atoms with Gasteiger partial charge in [-0.05, 0) is 13.0 Å². The molecule has 0 unspecified atom stereocenters. The van der Waals surface area contributed by atoms with Gasteiger partial charge in [0.05, 0.1) is 6.54 Å². The van der Waals surface area contributed by atoms with Crippen molar-refractivity contribution < 1.29 is 0 Å². The van der Waals surface area contributed by atoms with Crippen molar-refractivity contribution >= 4 is 12.4 Å². The van der Waals surface area contributed by atoms with Gasteiger partial charge in [-0.2, -0.15) is 0 Å². The summed E-state index contributed by atoms with van der Waals surface area (Å²) >= 11 is 0. The molecule has 2 heteroatoms. The molecule has 0 radical (unpaired) electrons. The van der Waals surface area contributed by atoms with Gasteiger partial charge in [0.15, 0.2) is 0 Å². The zero-order chi connectivity index (χ0) is 8.36.